The summed E-state index contributed by atoms with van der Waals surface area (Å²) in [5.41, 5.74) is 46.3. The van der Waals surface area contributed by atoms with Gasteiger partial charge in [0.25, 0.3) is 0 Å². The Morgan fingerprint density at radius 2 is 0.813 bits per heavy atom. The summed E-state index contributed by atoms with van der Waals surface area (Å²) in [6, 6.07) is 24.9. The van der Waals surface area contributed by atoms with Crippen molar-refractivity contribution in [3.8, 4) is 0 Å². The largest absolute Gasteiger partial charge is 0.355 e. The van der Waals surface area contributed by atoms with E-state index in [0.29, 0.717) is 52.7 Å². The molecule has 562 valence electrons. The highest BCUT2D eigenvalue weighted by Gasteiger charge is 2.44. The molecule has 23 heteroatoms. The molecule has 107 heavy (non-hydrogen) atoms. The molecule has 8 aromatic rings. The molecule has 1 spiro atoms. The molecular formula is C84H105Cl3N20. The number of anilines is 4. The molecule has 0 amide bonds. The Morgan fingerprint density at radius 1 is 0.467 bits per heavy atom. The van der Waals surface area contributed by atoms with Crippen LogP contribution in [0.3, 0.4) is 0 Å². The van der Waals surface area contributed by atoms with Gasteiger partial charge in [-0.25, -0.2) is 39.9 Å². The quantitative estimate of drug-likeness (QED) is 0.0991. The molecule has 17 rings (SSSR count). The summed E-state index contributed by atoms with van der Waals surface area (Å²) >= 11 is 19.2. The number of aromatic nitrogens is 8. The van der Waals surface area contributed by atoms with Crippen LogP contribution in [-0.4, -0.2) is 139 Å². The average Bonchev–Trinajstić information content (AvgIpc) is 1.68. The number of halogens is 3. The van der Waals surface area contributed by atoms with Crippen molar-refractivity contribution in [2.24, 2.45) is 59.1 Å². The van der Waals surface area contributed by atoms with Gasteiger partial charge in [0, 0.05) is 92.2 Å². The Morgan fingerprint density at radius 3 is 1.16 bits per heavy atom. The average molecular weight is 1500 g/mol. The van der Waals surface area contributed by atoms with E-state index in [-0.39, 0.29) is 29.8 Å². The smallest absolute Gasteiger partial charge is 0.147 e. The number of fused-ring (bicyclic) bond motifs is 4. The fourth-order valence-corrected chi connectivity index (χ4v) is 16.8. The van der Waals surface area contributed by atoms with Crippen LogP contribution in [0.15, 0.2) is 118 Å². The summed E-state index contributed by atoms with van der Waals surface area (Å²) < 4.78 is 0. The minimum atomic E-state index is -0.0706. The van der Waals surface area contributed by atoms with Crippen molar-refractivity contribution >= 4 is 80.9 Å². The van der Waals surface area contributed by atoms with Crippen LogP contribution in [0.2, 0.25) is 15.1 Å². The minimum Gasteiger partial charge on any atom is -0.355 e. The van der Waals surface area contributed by atoms with Crippen molar-refractivity contribution in [2.45, 2.75) is 184 Å². The Kier molecular flexibility index (Phi) is 22.9. The van der Waals surface area contributed by atoms with Crippen molar-refractivity contribution in [1.29, 1.82) is 0 Å². The first-order chi connectivity index (χ1) is 50.9. The molecule has 0 radical (unpaired) electrons. The Labute approximate surface area is 647 Å². The predicted octanol–water partition coefficient (Wildman–Crippen LogP) is 14.4. The van der Waals surface area contributed by atoms with Crippen LogP contribution in [0, 0.1) is 50.9 Å². The number of aryl methyl sites for hydroxylation is 4. The molecular weight excluding hydrogens is 1400 g/mol. The van der Waals surface area contributed by atoms with Crippen LogP contribution in [0.1, 0.15) is 201 Å². The first kappa shape index (κ1) is 77.0. The molecule has 1 unspecified atom stereocenters. The van der Waals surface area contributed by atoms with Crippen LogP contribution >= 0.6 is 34.8 Å². The summed E-state index contributed by atoms with van der Waals surface area (Å²) in [5.74, 6) is 3.79. The van der Waals surface area contributed by atoms with E-state index >= 15 is 0 Å². The first-order valence-corrected chi connectivity index (χ1v) is 39.0. The Bertz CT molecular complexity index is 4740. The Hall–Kier alpha value is -8.21. The molecule has 5 fully saturated rings. The molecule has 4 aromatic carbocycles. The molecule has 8 aliphatic heterocycles. The second kappa shape index (κ2) is 31.8. The number of aliphatic imine (C=N–C) groups is 4. The van der Waals surface area contributed by atoms with E-state index in [1.807, 2.05) is 68.1 Å². The zero-order chi connectivity index (χ0) is 74.4. The lowest BCUT2D eigenvalue weighted by Gasteiger charge is -2.42. The number of rotatable bonds is 10. The lowest BCUT2D eigenvalue weighted by molar-refractivity contribution is 0.197. The van der Waals surface area contributed by atoms with Crippen molar-refractivity contribution in [3.63, 3.8) is 0 Å². The molecule has 8 N–H and O–H groups in total. The molecule has 20 nitrogen and oxygen atoms in total. The van der Waals surface area contributed by atoms with Crippen LogP contribution in [0.4, 0.5) is 23.3 Å². The van der Waals surface area contributed by atoms with Crippen molar-refractivity contribution in [1.82, 2.24) is 39.9 Å². The van der Waals surface area contributed by atoms with Crippen molar-refractivity contribution < 1.29 is 0 Å². The maximum Gasteiger partial charge on any atom is 0.147 e. The summed E-state index contributed by atoms with van der Waals surface area (Å²) in [6.07, 6.45) is 19.9. The predicted molar refractivity (Wildman–Crippen MR) is 438 cm³/mol. The minimum absolute atomic E-state index is 0. The van der Waals surface area contributed by atoms with Gasteiger partial charge in [0.2, 0.25) is 0 Å². The van der Waals surface area contributed by atoms with Gasteiger partial charge in [-0.05, 0) is 183 Å². The summed E-state index contributed by atoms with van der Waals surface area (Å²) in [7, 11) is 0. The monoisotopic (exact) mass is 1500 g/mol. The highest BCUT2D eigenvalue weighted by atomic mass is 35.5. The summed E-state index contributed by atoms with van der Waals surface area (Å²) in [6.45, 7) is 30.0. The lowest BCUT2D eigenvalue weighted by atomic mass is 9.74. The third-order valence-electron chi connectivity index (χ3n) is 24.2. The lowest BCUT2D eigenvalue weighted by Crippen LogP contribution is -2.48. The molecule has 4 aromatic heterocycles. The standard InChI is InChI=1S/C22H26ClN5.C21H26ClN5.C21H27N5.C19H22ClN5.CH4/c1-14-4-5-16(23)15(11-14)20-21-17(12-25-20)27-19(13-26-21)28-9-7-22(8-10-28)6-2-3-18(22)24;1-13-4-5-16(22)15(10-13)19-20-17(11-24-19)26-18(12-25-20)27-8-6-21(3,7-9-27)14(2)23;1-14-5-4-6-16(15(14)2)19-20-17(11-23-19)25-18(12-24-20)26-9-7-21(3,13-22)8-10-26;1-12-3-4-14(20)13(9-12)17-18-15(10-22-17)24-16(11-23-18)25-7-5-19(2,21)6-8-25;/h4-5,11,13,18H,2-3,6-10,12,24H2,1H3;4-5,10,12,14H,6-9,11,23H2,1-3H3;4-6,12H,7-11,13,22H2,1-3H3;3-4,9,11H,5-8,10,21H2,1-2H3;1H4/t18-;;;;/m1..../s1. The third kappa shape index (κ3) is 16.3. The van der Waals surface area contributed by atoms with E-state index in [9.17, 15) is 0 Å². The molecule has 4 saturated heterocycles. The SMILES string of the molecule is C.Cc1ccc(Cl)c(C2=NCc3nc(N4CCC(C)(C(C)N)CC4)cnc32)c1.Cc1ccc(Cl)c(C2=NCc3nc(N4CCC(C)(N)CC4)cnc32)c1.Cc1ccc(Cl)c(C2=NCc3nc(N4CCC5(CCC[C@H]5N)CC4)cnc32)c1.Cc1cccc(C2=NCc3nc(N4CCC(C)(CN)CC4)cnc32)c1C. The van der Waals surface area contributed by atoms with Crippen LogP contribution in [0.25, 0.3) is 0 Å². The van der Waals surface area contributed by atoms with Gasteiger partial charge < -0.3 is 42.5 Å². The van der Waals surface area contributed by atoms with E-state index in [4.69, 9.17) is 103 Å². The van der Waals surface area contributed by atoms with E-state index in [1.165, 1.54) is 36.0 Å². The van der Waals surface area contributed by atoms with Gasteiger partial charge in [-0.15, -0.1) is 0 Å². The zero-order valence-electron chi connectivity index (χ0n) is 63.0. The fraction of sp³-hybridized carbons (Fsp3) is 0.476. The van der Waals surface area contributed by atoms with Gasteiger partial charge in [0.05, 0.1) is 112 Å². The topological polar surface area (TPSA) is 270 Å². The number of hydrogen-bond acceptors (Lipinski definition) is 20. The van der Waals surface area contributed by atoms with E-state index < -0.39 is 0 Å². The van der Waals surface area contributed by atoms with Crippen molar-refractivity contribution in [3.05, 3.63) is 208 Å². The van der Waals surface area contributed by atoms with Crippen LogP contribution in [0.5, 0.6) is 0 Å². The van der Waals surface area contributed by atoms with Gasteiger partial charge in [0.1, 0.15) is 46.0 Å². The molecule has 12 heterocycles. The second-order valence-corrected chi connectivity index (χ2v) is 33.1. The normalized spacial score (nSPS) is 19.9. The van der Waals surface area contributed by atoms with Gasteiger partial charge in [0.15, 0.2) is 0 Å². The van der Waals surface area contributed by atoms with E-state index in [2.05, 4.69) is 126 Å². The van der Waals surface area contributed by atoms with E-state index in [1.54, 1.807) is 0 Å². The molecule has 2 atom stereocenters. The van der Waals surface area contributed by atoms with Gasteiger partial charge in [-0.3, -0.25) is 20.0 Å². The molecule has 1 aliphatic carbocycles. The van der Waals surface area contributed by atoms with Gasteiger partial charge in [-0.2, -0.15) is 0 Å². The molecule has 9 aliphatic rings. The van der Waals surface area contributed by atoms with E-state index in [0.717, 1.165) is 235 Å². The summed E-state index contributed by atoms with van der Waals surface area (Å²) in [4.78, 5) is 66.5. The van der Waals surface area contributed by atoms with Crippen molar-refractivity contribution in [2.75, 3.05) is 78.5 Å². The highest BCUT2D eigenvalue weighted by molar-refractivity contribution is 6.37. The number of nitrogens with two attached hydrogens (primary N) is 4. The molecule has 0 bridgehead atoms. The van der Waals surface area contributed by atoms with Gasteiger partial charge in [-0.1, -0.05) is 116 Å². The molecule has 1 saturated carbocycles. The number of piperidine rings is 4. The number of hydrogen-bond donors (Lipinski definition) is 4. The maximum atomic E-state index is 6.42. The fourth-order valence-electron chi connectivity index (χ4n) is 16.1. The summed E-state index contributed by atoms with van der Waals surface area (Å²) in [5, 5.41) is 2.10. The van der Waals surface area contributed by atoms with Gasteiger partial charge >= 0.3 is 0 Å². The maximum absolute atomic E-state index is 6.42. The van der Waals surface area contributed by atoms with Crippen LogP contribution in [-0.2, 0) is 26.2 Å². The Balaban J connectivity index is 0.000000126. The highest BCUT2D eigenvalue weighted by Crippen LogP contribution is 2.46. The zero-order valence-corrected chi connectivity index (χ0v) is 65.2. The number of benzene rings is 4. The van der Waals surface area contributed by atoms with Crippen LogP contribution < -0.4 is 42.5 Å². The number of nitrogens with zero attached hydrogens (tertiary/aromatic N) is 16. The second-order valence-electron chi connectivity index (χ2n) is 31.9. The first-order valence-electron chi connectivity index (χ1n) is 37.9. The third-order valence-corrected chi connectivity index (χ3v) is 25.2.